The average Bonchev–Trinajstić information content (AvgIpc) is 3.33. The SMILES string of the molecule is CN(C)CCCN1C(=O)S/C(=C\c2ccc3c(ccn3Cc3ccc(C#N)cc3C(F)(F)F)c2)C1=O. The number of hydrogen-bond donors (Lipinski definition) is 0. The molecule has 2 amide bonds. The van der Waals surface area contributed by atoms with Crippen LogP contribution in [0.5, 0.6) is 0 Å². The first-order chi connectivity index (χ1) is 17.1. The van der Waals surface area contributed by atoms with Crippen molar-refractivity contribution in [1.82, 2.24) is 14.4 Å². The highest BCUT2D eigenvalue weighted by molar-refractivity contribution is 8.18. The molecule has 2 aromatic carbocycles. The number of hydrogen-bond acceptors (Lipinski definition) is 5. The first-order valence-electron chi connectivity index (χ1n) is 11.2. The number of carbonyl (C=O) groups is 2. The van der Waals surface area contributed by atoms with E-state index >= 15 is 0 Å². The number of rotatable bonds is 7. The normalized spacial score (nSPS) is 15.5. The molecular formula is C26H23F3N4O2S. The van der Waals surface area contributed by atoms with E-state index in [0.29, 0.717) is 23.4 Å². The number of imide groups is 1. The first-order valence-corrected chi connectivity index (χ1v) is 12.0. The van der Waals surface area contributed by atoms with Crippen LogP contribution in [0.25, 0.3) is 17.0 Å². The molecule has 1 aliphatic rings. The quantitative estimate of drug-likeness (QED) is 0.387. The minimum atomic E-state index is -4.58. The van der Waals surface area contributed by atoms with Gasteiger partial charge in [-0.1, -0.05) is 12.1 Å². The minimum absolute atomic E-state index is 0.0186. The molecule has 186 valence electrons. The number of nitriles is 1. The molecule has 2 heterocycles. The third-order valence-corrected chi connectivity index (χ3v) is 6.75. The van der Waals surface area contributed by atoms with Crippen LogP contribution in [-0.4, -0.2) is 52.7 Å². The molecule has 36 heavy (non-hydrogen) atoms. The molecule has 3 aromatic rings. The number of aromatic nitrogens is 1. The van der Waals surface area contributed by atoms with Crippen molar-refractivity contribution in [2.75, 3.05) is 27.2 Å². The van der Waals surface area contributed by atoms with Gasteiger partial charge < -0.3 is 9.47 Å². The van der Waals surface area contributed by atoms with Crippen LogP contribution >= 0.6 is 11.8 Å². The van der Waals surface area contributed by atoms with Gasteiger partial charge in [0.25, 0.3) is 11.1 Å². The number of fused-ring (bicyclic) bond motifs is 1. The summed E-state index contributed by atoms with van der Waals surface area (Å²) in [6.07, 6.45) is -0.526. The Hall–Kier alpha value is -3.55. The third kappa shape index (κ3) is 5.48. The Morgan fingerprint density at radius 3 is 2.58 bits per heavy atom. The lowest BCUT2D eigenvalue weighted by molar-refractivity contribution is -0.138. The van der Waals surface area contributed by atoms with Crippen molar-refractivity contribution in [2.24, 2.45) is 0 Å². The van der Waals surface area contributed by atoms with Crippen LogP contribution in [-0.2, 0) is 17.5 Å². The Bertz CT molecular complexity index is 1400. The van der Waals surface area contributed by atoms with Gasteiger partial charge in [-0.15, -0.1) is 0 Å². The molecule has 0 bridgehead atoms. The summed E-state index contributed by atoms with van der Waals surface area (Å²) in [6.45, 7) is 1.11. The fourth-order valence-corrected chi connectivity index (χ4v) is 4.93. The Labute approximate surface area is 210 Å². The summed E-state index contributed by atoms with van der Waals surface area (Å²) in [5.41, 5.74) is 0.623. The van der Waals surface area contributed by atoms with E-state index in [9.17, 15) is 22.8 Å². The van der Waals surface area contributed by atoms with Gasteiger partial charge in [0.2, 0.25) is 0 Å². The molecule has 0 saturated carbocycles. The van der Waals surface area contributed by atoms with Gasteiger partial charge >= 0.3 is 6.18 Å². The largest absolute Gasteiger partial charge is 0.416 e. The molecular weight excluding hydrogens is 489 g/mol. The number of carbonyl (C=O) groups excluding carboxylic acids is 2. The van der Waals surface area contributed by atoms with Crippen molar-refractivity contribution in [3.05, 3.63) is 75.8 Å². The van der Waals surface area contributed by atoms with Gasteiger partial charge in [-0.3, -0.25) is 14.5 Å². The molecule has 1 aliphatic heterocycles. The highest BCUT2D eigenvalue weighted by Gasteiger charge is 2.35. The van der Waals surface area contributed by atoms with Gasteiger partial charge in [-0.2, -0.15) is 18.4 Å². The highest BCUT2D eigenvalue weighted by atomic mass is 32.2. The van der Waals surface area contributed by atoms with Crippen molar-refractivity contribution in [3.8, 4) is 6.07 Å². The summed E-state index contributed by atoms with van der Waals surface area (Å²) in [5.74, 6) is -0.318. The maximum atomic E-state index is 13.6. The van der Waals surface area contributed by atoms with Crippen LogP contribution in [0.15, 0.2) is 53.6 Å². The molecule has 4 rings (SSSR count). The smallest absolute Gasteiger partial charge is 0.343 e. The van der Waals surface area contributed by atoms with Gasteiger partial charge in [-0.05, 0) is 86.4 Å². The number of halogens is 3. The predicted octanol–water partition coefficient (Wildman–Crippen LogP) is 5.57. The van der Waals surface area contributed by atoms with Crippen molar-refractivity contribution in [1.29, 1.82) is 5.26 Å². The molecule has 0 aliphatic carbocycles. The zero-order chi connectivity index (χ0) is 26.0. The number of amides is 2. The van der Waals surface area contributed by atoms with Crippen LogP contribution in [0.1, 0.15) is 28.7 Å². The van der Waals surface area contributed by atoms with Crippen LogP contribution in [0.3, 0.4) is 0 Å². The van der Waals surface area contributed by atoms with Crippen LogP contribution in [0.2, 0.25) is 0 Å². The predicted molar refractivity (Wildman–Crippen MR) is 133 cm³/mol. The van der Waals surface area contributed by atoms with E-state index in [4.69, 9.17) is 5.26 Å². The molecule has 0 spiro atoms. The maximum Gasteiger partial charge on any atom is 0.416 e. The molecule has 6 nitrogen and oxygen atoms in total. The zero-order valence-electron chi connectivity index (χ0n) is 19.7. The van der Waals surface area contributed by atoms with Gasteiger partial charge in [0.05, 0.1) is 22.1 Å². The maximum absolute atomic E-state index is 13.6. The van der Waals surface area contributed by atoms with Crippen molar-refractivity contribution < 1.29 is 22.8 Å². The van der Waals surface area contributed by atoms with E-state index < -0.39 is 11.7 Å². The van der Waals surface area contributed by atoms with Gasteiger partial charge in [0.1, 0.15) is 0 Å². The molecule has 10 heteroatoms. The fourth-order valence-electron chi connectivity index (χ4n) is 4.07. The molecule has 1 aromatic heterocycles. The van der Waals surface area contributed by atoms with E-state index in [0.717, 1.165) is 35.3 Å². The highest BCUT2D eigenvalue weighted by Crippen LogP contribution is 2.35. The van der Waals surface area contributed by atoms with Crippen LogP contribution in [0.4, 0.5) is 18.0 Å². The number of alkyl halides is 3. The Morgan fingerprint density at radius 1 is 1.11 bits per heavy atom. The summed E-state index contributed by atoms with van der Waals surface area (Å²) in [6, 6.07) is 12.5. The molecule has 0 radical (unpaired) electrons. The summed E-state index contributed by atoms with van der Waals surface area (Å²) >= 11 is 0.905. The molecule has 0 N–H and O–H groups in total. The van der Waals surface area contributed by atoms with Gasteiger partial charge in [0.15, 0.2) is 0 Å². The second kappa shape index (κ2) is 10.2. The lowest BCUT2D eigenvalue weighted by atomic mass is 10.0. The lowest BCUT2D eigenvalue weighted by Gasteiger charge is -2.14. The topological polar surface area (TPSA) is 69.3 Å². The Balaban J connectivity index is 1.56. The zero-order valence-corrected chi connectivity index (χ0v) is 20.5. The summed E-state index contributed by atoms with van der Waals surface area (Å²) in [7, 11) is 3.85. The minimum Gasteiger partial charge on any atom is -0.343 e. The van der Waals surface area contributed by atoms with Gasteiger partial charge in [0, 0.05) is 30.2 Å². The molecule has 0 unspecified atom stereocenters. The summed E-state index contributed by atoms with van der Waals surface area (Å²) in [4.78, 5) is 28.6. The second-order valence-corrected chi connectivity index (χ2v) is 9.73. The second-order valence-electron chi connectivity index (χ2n) is 8.73. The van der Waals surface area contributed by atoms with E-state index in [1.54, 1.807) is 41.1 Å². The standard InChI is InChI=1S/C26H23F3N4O2S/c1-31(2)9-3-10-33-24(34)23(36-25(33)35)14-17-5-7-22-19(12-17)8-11-32(22)16-20-6-4-18(15-30)13-21(20)26(27,28)29/h4-8,11-14H,3,9-10,16H2,1-2H3/b23-14-. The number of nitrogens with zero attached hydrogens (tertiary/aromatic N) is 4. The van der Waals surface area contributed by atoms with Crippen molar-refractivity contribution in [2.45, 2.75) is 19.1 Å². The van der Waals surface area contributed by atoms with E-state index in [-0.39, 0.29) is 28.8 Å². The molecule has 1 saturated heterocycles. The fraction of sp³-hybridized carbons (Fsp3) is 0.269. The van der Waals surface area contributed by atoms with Crippen LogP contribution < -0.4 is 0 Å². The number of benzene rings is 2. The lowest BCUT2D eigenvalue weighted by Crippen LogP contribution is -2.31. The Kier molecular flexibility index (Phi) is 7.24. The summed E-state index contributed by atoms with van der Waals surface area (Å²) < 4.78 is 42.4. The van der Waals surface area contributed by atoms with Crippen LogP contribution in [0, 0.1) is 11.3 Å². The van der Waals surface area contributed by atoms with E-state index in [1.807, 2.05) is 25.1 Å². The average molecular weight is 513 g/mol. The monoisotopic (exact) mass is 512 g/mol. The van der Waals surface area contributed by atoms with Crippen molar-refractivity contribution in [3.63, 3.8) is 0 Å². The van der Waals surface area contributed by atoms with Crippen molar-refractivity contribution >= 4 is 39.9 Å². The molecule has 1 fully saturated rings. The Morgan fingerprint density at radius 2 is 1.89 bits per heavy atom. The first kappa shape index (κ1) is 25.5. The van der Waals surface area contributed by atoms with E-state index in [1.165, 1.54) is 17.0 Å². The number of thioether (sulfide) groups is 1. The molecule has 0 atom stereocenters. The van der Waals surface area contributed by atoms with E-state index in [2.05, 4.69) is 0 Å². The van der Waals surface area contributed by atoms with Gasteiger partial charge in [-0.25, -0.2) is 0 Å². The summed E-state index contributed by atoms with van der Waals surface area (Å²) in [5, 5.41) is 9.47. The third-order valence-electron chi connectivity index (χ3n) is 5.84.